The Kier molecular flexibility index (Phi) is 5.36. The van der Waals surface area contributed by atoms with Crippen molar-refractivity contribution in [3.8, 4) is 11.5 Å². The molecule has 0 atom stereocenters. The summed E-state index contributed by atoms with van der Waals surface area (Å²) in [7, 11) is 0. The van der Waals surface area contributed by atoms with E-state index in [1.165, 1.54) is 35.7 Å². The Labute approximate surface area is 200 Å². The van der Waals surface area contributed by atoms with Gasteiger partial charge in [-0.1, -0.05) is 35.9 Å². The molecule has 1 aromatic carbocycles. The number of amides is 1. The lowest BCUT2D eigenvalue weighted by Gasteiger charge is -2.16. The van der Waals surface area contributed by atoms with Crippen LogP contribution in [-0.2, 0) is 6.18 Å². The van der Waals surface area contributed by atoms with Crippen molar-refractivity contribution in [3.05, 3.63) is 83.7 Å². The fraction of sp³-hybridized carbons (Fsp3) is 0.0455. The third kappa shape index (κ3) is 4.04. The molecule has 0 aliphatic carbocycles. The van der Waals surface area contributed by atoms with E-state index in [4.69, 9.17) is 17.3 Å². The number of aromatic nitrogens is 6. The third-order valence-electron chi connectivity index (χ3n) is 5.15. The second kappa shape index (κ2) is 8.40. The number of nitrogens with two attached hydrogens (primary N) is 1. The maximum absolute atomic E-state index is 14.2. The Morgan fingerprint density at radius 2 is 1.74 bits per heavy atom. The molecule has 0 aliphatic heterocycles. The SMILES string of the molecule is Nc1ncc(-n2ccc(C(=O)Nc3cnc(-n4nccn4)c(Cl)c3)c2C(F)(F)F)c2ccccc12. The summed E-state index contributed by atoms with van der Waals surface area (Å²) in [5.41, 5.74) is 4.35. The van der Waals surface area contributed by atoms with E-state index >= 15 is 0 Å². The van der Waals surface area contributed by atoms with Gasteiger partial charge in [-0.2, -0.15) is 23.4 Å². The molecule has 0 spiro atoms. The highest BCUT2D eigenvalue weighted by molar-refractivity contribution is 6.32. The van der Waals surface area contributed by atoms with Crippen LogP contribution in [0.4, 0.5) is 24.7 Å². The minimum Gasteiger partial charge on any atom is -0.383 e. The molecule has 13 heteroatoms. The maximum atomic E-state index is 14.2. The molecule has 0 saturated heterocycles. The summed E-state index contributed by atoms with van der Waals surface area (Å²) in [5.74, 6) is -0.618. The zero-order valence-electron chi connectivity index (χ0n) is 17.5. The highest BCUT2D eigenvalue weighted by Crippen LogP contribution is 2.37. The largest absolute Gasteiger partial charge is 0.432 e. The van der Waals surface area contributed by atoms with Gasteiger partial charge < -0.3 is 15.6 Å². The number of benzene rings is 1. The van der Waals surface area contributed by atoms with Crippen LogP contribution in [0.25, 0.3) is 22.3 Å². The first-order valence-corrected chi connectivity index (χ1v) is 10.4. The van der Waals surface area contributed by atoms with Gasteiger partial charge in [-0.25, -0.2) is 9.97 Å². The Bertz CT molecular complexity index is 1560. The number of hydrogen-bond acceptors (Lipinski definition) is 6. The van der Waals surface area contributed by atoms with Crippen molar-refractivity contribution in [2.45, 2.75) is 6.18 Å². The molecule has 4 heterocycles. The number of alkyl halides is 3. The molecular formula is C22H14ClF3N8O. The molecule has 5 aromatic rings. The maximum Gasteiger partial charge on any atom is 0.432 e. The third-order valence-corrected chi connectivity index (χ3v) is 5.43. The highest BCUT2D eigenvalue weighted by atomic mass is 35.5. The van der Waals surface area contributed by atoms with E-state index in [-0.39, 0.29) is 28.0 Å². The summed E-state index contributed by atoms with van der Waals surface area (Å²) in [6.45, 7) is 0. The fourth-order valence-electron chi connectivity index (χ4n) is 3.67. The summed E-state index contributed by atoms with van der Waals surface area (Å²) >= 11 is 6.19. The molecule has 35 heavy (non-hydrogen) atoms. The first kappa shape index (κ1) is 22.3. The number of carbonyl (C=O) groups excluding carboxylic acids is 1. The summed E-state index contributed by atoms with van der Waals surface area (Å²) < 4.78 is 43.4. The van der Waals surface area contributed by atoms with Crippen molar-refractivity contribution < 1.29 is 18.0 Å². The number of nitrogens with one attached hydrogen (secondary N) is 1. The molecule has 176 valence electrons. The molecule has 0 radical (unpaired) electrons. The van der Waals surface area contributed by atoms with Crippen LogP contribution in [0.3, 0.4) is 0 Å². The van der Waals surface area contributed by atoms with Gasteiger partial charge >= 0.3 is 6.18 Å². The van der Waals surface area contributed by atoms with Crippen molar-refractivity contribution in [1.29, 1.82) is 0 Å². The Balaban J connectivity index is 1.54. The summed E-state index contributed by atoms with van der Waals surface area (Å²) in [6, 6.07) is 9.09. The van der Waals surface area contributed by atoms with Crippen molar-refractivity contribution in [2.24, 2.45) is 0 Å². The Hall–Kier alpha value is -4.45. The number of fused-ring (bicyclic) bond motifs is 1. The lowest BCUT2D eigenvalue weighted by atomic mass is 10.1. The lowest BCUT2D eigenvalue weighted by molar-refractivity contribution is -0.142. The van der Waals surface area contributed by atoms with Gasteiger partial charge in [0.25, 0.3) is 5.91 Å². The lowest BCUT2D eigenvalue weighted by Crippen LogP contribution is -2.20. The number of anilines is 2. The van der Waals surface area contributed by atoms with Crippen LogP contribution in [0.15, 0.2) is 67.4 Å². The molecule has 1 amide bonds. The van der Waals surface area contributed by atoms with Gasteiger partial charge in [-0.3, -0.25) is 4.79 Å². The Morgan fingerprint density at radius 3 is 2.43 bits per heavy atom. The number of pyridine rings is 2. The number of rotatable bonds is 4. The standard InChI is InChI=1S/C22H14ClF3N8O/c23-16-9-12(10-29-20(16)34-30-6-7-31-34)32-21(35)15-5-8-33(18(15)22(24,25)26)17-11-28-19(27)14-4-2-1-3-13(14)17/h1-11H,(H2,27,28)(H,32,35). The van der Waals surface area contributed by atoms with Crippen molar-refractivity contribution in [3.63, 3.8) is 0 Å². The van der Waals surface area contributed by atoms with Crippen LogP contribution >= 0.6 is 11.6 Å². The fourth-order valence-corrected chi connectivity index (χ4v) is 3.91. The molecular weight excluding hydrogens is 485 g/mol. The molecule has 5 rings (SSSR count). The van der Waals surface area contributed by atoms with E-state index in [1.54, 1.807) is 24.3 Å². The number of hydrogen-bond donors (Lipinski definition) is 2. The van der Waals surface area contributed by atoms with E-state index in [1.807, 2.05) is 0 Å². The monoisotopic (exact) mass is 498 g/mol. The summed E-state index contributed by atoms with van der Waals surface area (Å²) in [6.07, 6.45) is 1.64. The molecule has 0 unspecified atom stereocenters. The van der Waals surface area contributed by atoms with Gasteiger partial charge in [0.15, 0.2) is 5.82 Å². The minimum absolute atomic E-state index is 0.0898. The number of halogens is 4. The van der Waals surface area contributed by atoms with E-state index in [0.717, 1.165) is 16.8 Å². The van der Waals surface area contributed by atoms with E-state index in [2.05, 4.69) is 25.5 Å². The Morgan fingerprint density at radius 1 is 1.03 bits per heavy atom. The molecule has 3 N–H and O–H groups in total. The van der Waals surface area contributed by atoms with Crippen LogP contribution in [-0.4, -0.2) is 35.4 Å². The van der Waals surface area contributed by atoms with Gasteiger partial charge in [0.1, 0.15) is 11.5 Å². The molecule has 0 saturated carbocycles. The average Bonchev–Trinajstić information content (AvgIpc) is 3.50. The van der Waals surface area contributed by atoms with Gasteiger partial charge in [0.05, 0.1) is 46.7 Å². The van der Waals surface area contributed by atoms with Crippen LogP contribution in [0.5, 0.6) is 0 Å². The van der Waals surface area contributed by atoms with Crippen LogP contribution in [0, 0.1) is 0 Å². The highest BCUT2D eigenvalue weighted by Gasteiger charge is 2.40. The molecule has 0 aliphatic rings. The van der Waals surface area contributed by atoms with Crippen molar-refractivity contribution in [1.82, 2.24) is 29.5 Å². The normalized spacial score (nSPS) is 11.7. The van der Waals surface area contributed by atoms with Gasteiger partial charge in [-0.15, -0.1) is 4.80 Å². The first-order valence-electron chi connectivity index (χ1n) is 10.00. The molecule has 4 aromatic heterocycles. The topological polar surface area (TPSA) is 117 Å². The predicted octanol–water partition coefficient (Wildman–Crippen LogP) is 4.51. The van der Waals surface area contributed by atoms with E-state index in [9.17, 15) is 18.0 Å². The average molecular weight is 499 g/mol. The van der Waals surface area contributed by atoms with Crippen LogP contribution in [0.2, 0.25) is 5.02 Å². The van der Waals surface area contributed by atoms with Gasteiger partial charge in [-0.05, 0) is 12.1 Å². The quantitative estimate of drug-likeness (QED) is 0.376. The number of carbonyl (C=O) groups is 1. The number of nitrogens with zero attached hydrogens (tertiary/aromatic N) is 6. The molecule has 9 nitrogen and oxygen atoms in total. The van der Waals surface area contributed by atoms with E-state index in [0.29, 0.717) is 10.8 Å². The zero-order chi connectivity index (χ0) is 24.7. The zero-order valence-corrected chi connectivity index (χ0v) is 18.3. The summed E-state index contributed by atoms with van der Waals surface area (Å²) in [4.78, 5) is 22.2. The van der Waals surface area contributed by atoms with Crippen LogP contribution < -0.4 is 11.1 Å². The molecule has 0 fully saturated rings. The predicted molar refractivity (Wildman–Crippen MR) is 123 cm³/mol. The first-order chi connectivity index (χ1) is 16.7. The second-order valence-corrected chi connectivity index (χ2v) is 7.73. The smallest absolute Gasteiger partial charge is 0.383 e. The van der Waals surface area contributed by atoms with Crippen LogP contribution in [0.1, 0.15) is 16.1 Å². The minimum atomic E-state index is -4.86. The molecule has 0 bridgehead atoms. The van der Waals surface area contributed by atoms with E-state index < -0.39 is 23.3 Å². The second-order valence-electron chi connectivity index (χ2n) is 7.32. The number of nitrogen functional groups attached to an aromatic ring is 1. The van der Waals surface area contributed by atoms with Crippen molar-refractivity contribution in [2.75, 3.05) is 11.1 Å². The van der Waals surface area contributed by atoms with Gasteiger partial charge in [0.2, 0.25) is 0 Å². The summed E-state index contributed by atoms with van der Waals surface area (Å²) in [5, 5.41) is 11.3. The van der Waals surface area contributed by atoms with Gasteiger partial charge in [0, 0.05) is 17.0 Å². The van der Waals surface area contributed by atoms with Crippen molar-refractivity contribution >= 4 is 39.8 Å².